The van der Waals surface area contributed by atoms with Crippen molar-refractivity contribution in [3.05, 3.63) is 54.3 Å². The molecule has 0 aliphatic heterocycles. The number of benzene rings is 2. The second-order valence-corrected chi connectivity index (χ2v) is 3.67. The molecule has 0 spiro atoms. The van der Waals surface area contributed by atoms with E-state index < -0.39 is 11.9 Å². The normalized spacial score (nSPS) is 9.79. The highest BCUT2D eigenvalue weighted by molar-refractivity contribution is 5.88. The summed E-state index contributed by atoms with van der Waals surface area (Å²) in [7, 11) is 1.43. The van der Waals surface area contributed by atoms with E-state index in [2.05, 4.69) is 5.32 Å². The maximum Gasteiger partial charge on any atom is 0.417 e. The van der Waals surface area contributed by atoms with Crippen LogP contribution in [0.2, 0.25) is 0 Å². The molecule has 4 nitrogen and oxygen atoms in total. The summed E-state index contributed by atoms with van der Waals surface area (Å²) in [6.45, 7) is 0. The number of halogens is 1. The Bertz CT molecular complexity index is 572. The summed E-state index contributed by atoms with van der Waals surface area (Å²) in [5, 5.41) is 2.42. The third-order valence-corrected chi connectivity index (χ3v) is 2.35. The molecule has 0 atom stereocenters. The van der Waals surface area contributed by atoms with Gasteiger partial charge >= 0.3 is 6.09 Å². The molecular formula is C14H12FNO3. The molecule has 0 radical (unpaired) electrons. The van der Waals surface area contributed by atoms with Gasteiger partial charge in [0.15, 0.2) is 0 Å². The molecule has 1 amide bonds. The van der Waals surface area contributed by atoms with Gasteiger partial charge in [0.05, 0.1) is 12.8 Å². The molecule has 0 bridgehead atoms. The summed E-state index contributed by atoms with van der Waals surface area (Å²) in [6, 6.07) is 12.4. The summed E-state index contributed by atoms with van der Waals surface area (Å²) in [4.78, 5) is 11.6. The maximum atomic E-state index is 13.1. The van der Waals surface area contributed by atoms with Crippen LogP contribution in [-0.2, 0) is 0 Å². The van der Waals surface area contributed by atoms with Crippen LogP contribution in [0.1, 0.15) is 0 Å². The number of amides is 1. The third kappa shape index (κ3) is 3.45. The molecule has 0 saturated carbocycles. The van der Waals surface area contributed by atoms with Crippen LogP contribution >= 0.6 is 0 Å². The molecule has 2 aromatic rings. The van der Waals surface area contributed by atoms with E-state index in [0.29, 0.717) is 11.5 Å². The standard InChI is InChI=1S/C14H12FNO3/c1-18-13-8-7-10(15)9-12(13)16-14(17)19-11-5-3-2-4-6-11/h2-9H,1H3,(H,16,17). The zero-order chi connectivity index (χ0) is 13.7. The van der Waals surface area contributed by atoms with Crippen LogP contribution in [0.4, 0.5) is 14.9 Å². The molecule has 0 aliphatic rings. The van der Waals surface area contributed by atoms with Gasteiger partial charge in [-0.15, -0.1) is 0 Å². The van der Waals surface area contributed by atoms with Crippen LogP contribution < -0.4 is 14.8 Å². The first-order valence-electron chi connectivity index (χ1n) is 5.56. The zero-order valence-corrected chi connectivity index (χ0v) is 10.2. The molecule has 0 saturated heterocycles. The molecule has 0 unspecified atom stereocenters. The fourth-order valence-electron chi connectivity index (χ4n) is 1.51. The number of anilines is 1. The van der Waals surface area contributed by atoms with Crippen LogP contribution in [0.15, 0.2) is 48.5 Å². The van der Waals surface area contributed by atoms with Crippen molar-refractivity contribution in [3.63, 3.8) is 0 Å². The number of hydrogen-bond donors (Lipinski definition) is 1. The van der Waals surface area contributed by atoms with Crippen LogP contribution in [0, 0.1) is 5.82 Å². The van der Waals surface area contributed by atoms with Gasteiger partial charge in [0, 0.05) is 6.07 Å². The summed E-state index contributed by atoms with van der Waals surface area (Å²) in [5.74, 6) is 0.276. The number of methoxy groups -OCH3 is 1. The molecule has 0 aromatic heterocycles. The average molecular weight is 261 g/mol. The minimum absolute atomic E-state index is 0.212. The Hall–Kier alpha value is -2.56. The number of rotatable bonds is 3. The van der Waals surface area contributed by atoms with Gasteiger partial charge in [-0.05, 0) is 24.3 Å². The maximum absolute atomic E-state index is 13.1. The Labute approximate surface area is 109 Å². The predicted octanol–water partition coefficient (Wildman–Crippen LogP) is 3.45. The Morgan fingerprint density at radius 3 is 2.58 bits per heavy atom. The van der Waals surface area contributed by atoms with Gasteiger partial charge < -0.3 is 9.47 Å². The molecule has 98 valence electrons. The Kier molecular flexibility index (Phi) is 3.97. The molecule has 2 aromatic carbocycles. The van der Waals surface area contributed by atoms with Gasteiger partial charge in [0.1, 0.15) is 17.3 Å². The molecule has 0 aliphatic carbocycles. The van der Waals surface area contributed by atoms with E-state index in [4.69, 9.17) is 9.47 Å². The van der Waals surface area contributed by atoms with Gasteiger partial charge in [-0.25, -0.2) is 9.18 Å². The number of carbonyl (C=O) groups is 1. The Balaban J connectivity index is 2.09. The van der Waals surface area contributed by atoms with Crippen LogP contribution in [0.5, 0.6) is 11.5 Å². The van der Waals surface area contributed by atoms with E-state index in [1.807, 2.05) is 0 Å². The van der Waals surface area contributed by atoms with Gasteiger partial charge in [-0.3, -0.25) is 5.32 Å². The number of para-hydroxylation sites is 1. The first-order chi connectivity index (χ1) is 9.19. The molecule has 0 fully saturated rings. The van der Waals surface area contributed by atoms with E-state index in [9.17, 15) is 9.18 Å². The van der Waals surface area contributed by atoms with Gasteiger partial charge in [0.25, 0.3) is 0 Å². The fourth-order valence-corrected chi connectivity index (χ4v) is 1.51. The highest BCUT2D eigenvalue weighted by atomic mass is 19.1. The van der Waals surface area contributed by atoms with Crippen LogP contribution in [0.3, 0.4) is 0 Å². The molecule has 1 N–H and O–H groups in total. The lowest BCUT2D eigenvalue weighted by Gasteiger charge is -2.10. The third-order valence-electron chi connectivity index (χ3n) is 2.35. The summed E-state index contributed by atoms with van der Waals surface area (Å²) < 4.78 is 23.2. The number of carbonyl (C=O) groups excluding carboxylic acids is 1. The second-order valence-electron chi connectivity index (χ2n) is 3.67. The summed E-state index contributed by atoms with van der Waals surface area (Å²) >= 11 is 0. The zero-order valence-electron chi connectivity index (χ0n) is 10.2. The van der Waals surface area contributed by atoms with E-state index in [1.165, 1.54) is 19.2 Å². The van der Waals surface area contributed by atoms with Crippen molar-refractivity contribution >= 4 is 11.8 Å². The topological polar surface area (TPSA) is 47.6 Å². The minimum atomic E-state index is -0.713. The van der Waals surface area contributed by atoms with E-state index in [-0.39, 0.29) is 5.69 Å². The van der Waals surface area contributed by atoms with Crippen molar-refractivity contribution in [2.45, 2.75) is 0 Å². The van der Waals surface area contributed by atoms with Crippen LogP contribution in [0.25, 0.3) is 0 Å². The quantitative estimate of drug-likeness (QED) is 0.920. The molecule has 5 heteroatoms. The van der Waals surface area contributed by atoms with E-state index >= 15 is 0 Å². The largest absolute Gasteiger partial charge is 0.495 e. The predicted molar refractivity (Wildman–Crippen MR) is 69.0 cm³/mol. The average Bonchev–Trinajstić information content (AvgIpc) is 2.40. The minimum Gasteiger partial charge on any atom is -0.495 e. The first-order valence-corrected chi connectivity index (χ1v) is 5.56. The number of ether oxygens (including phenoxy) is 2. The Morgan fingerprint density at radius 2 is 1.89 bits per heavy atom. The lowest BCUT2D eigenvalue weighted by Crippen LogP contribution is -2.17. The molecular weight excluding hydrogens is 249 g/mol. The van der Waals surface area contributed by atoms with Crippen molar-refractivity contribution in [2.24, 2.45) is 0 Å². The highest BCUT2D eigenvalue weighted by Gasteiger charge is 2.10. The van der Waals surface area contributed by atoms with Crippen molar-refractivity contribution in [2.75, 3.05) is 12.4 Å². The van der Waals surface area contributed by atoms with Gasteiger partial charge in [-0.2, -0.15) is 0 Å². The SMILES string of the molecule is COc1ccc(F)cc1NC(=O)Oc1ccccc1. The van der Waals surface area contributed by atoms with Crippen molar-refractivity contribution in [1.82, 2.24) is 0 Å². The van der Waals surface area contributed by atoms with Crippen LogP contribution in [-0.4, -0.2) is 13.2 Å². The van der Waals surface area contributed by atoms with Gasteiger partial charge in [0.2, 0.25) is 0 Å². The highest BCUT2D eigenvalue weighted by Crippen LogP contribution is 2.25. The summed E-state index contributed by atoms with van der Waals surface area (Å²) in [6.07, 6.45) is -0.713. The van der Waals surface area contributed by atoms with Crippen molar-refractivity contribution < 1.29 is 18.7 Å². The molecule has 2 rings (SSSR count). The van der Waals surface area contributed by atoms with Gasteiger partial charge in [-0.1, -0.05) is 18.2 Å². The van der Waals surface area contributed by atoms with E-state index in [0.717, 1.165) is 6.07 Å². The molecule has 0 heterocycles. The van der Waals surface area contributed by atoms with Crippen molar-refractivity contribution in [3.8, 4) is 11.5 Å². The lowest BCUT2D eigenvalue weighted by atomic mass is 10.3. The summed E-state index contributed by atoms with van der Waals surface area (Å²) in [5.41, 5.74) is 0.212. The Morgan fingerprint density at radius 1 is 1.16 bits per heavy atom. The second kappa shape index (κ2) is 5.86. The fraction of sp³-hybridized carbons (Fsp3) is 0.0714. The monoisotopic (exact) mass is 261 g/mol. The first kappa shape index (κ1) is 12.9. The number of hydrogen-bond acceptors (Lipinski definition) is 3. The number of nitrogens with one attached hydrogen (secondary N) is 1. The lowest BCUT2D eigenvalue weighted by molar-refractivity contribution is 0.215. The smallest absolute Gasteiger partial charge is 0.417 e. The van der Waals surface area contributed by atoms with Crippen molar-refractivity contribution in [1.29, 1.82) is 0 Å². The van der Waals surface area contributed by atoms with E-state index in [1.54, 1.807) is 30.3 Å². The molecule has 19 heavy (non-hydrogen) atoms.